The standard InChI is InChI=1S/C12H21N5O3/c1-2-6-19-11-14-10(17-13)15-12(16-11)20-8-9-5-3-4-7-18-9/h9H,2-8,13H2,1H3,(H,14,15,16,17). The van der Waals surface area contributed by atoms with E-state index in [0.717, 1.165) is 32.3 Å². The Bertz CT molecular complexity index is 412. The van der Waals surface area contributed by atoms with Crippen molar-refractivity contribution in [2.45, 2.75) is 38.7 Å². The predicted molar refractivity (Wildman–Crippen MR) is 72.5 cm³/mol. The molecule has 0 saturated carbocycles. The van der Waals surface area contributed by atoms with Gasteiger partial charge in [-0.2, -0.15) is 9.97 Å². The molecule has 1 aromatic rings. The third kappa shape index (κ3) is 4.46. The maximum Gasteiger partial charge on any atom is 0.324 e. The van der Waals surface area contributed by atoms with Crippen molar-refractivity contribution in [1.29, 1.82) is 0 Å². The highest BCUT2D eigenvalue weighted by atomic mass is 16.5. The van der Waals surface area contributed by atoms with E-state index in [9.17, 15) is 0 Å². The Balaban J connectivity index is 1.94. The molecule has 0 radical (unpaired) electrons. The lowest BCUT2D eigenvalue weighted by atomic mass is 10.1. The Morgan fingerprint density at radius 3 is 2.70 bits per heavy atom. The van der Waals surface area contributed by atoms with Crippen molar-refractivity contribution >= 4 is 5.95 Å². The van der Waals surface area contributed by atoms with Crippen LogP contribution in [0.4, 0.5) is 5.95 Å². The highest BCUT2D eigenvalue weighted by Gasteiger charge is 2.16. The molecule has 0 amide bonds. The summed E-state index contributed by atoms with van der Waals surface area (Å²) in [7, 11) is 0. The van der Waals surface area contributed by atoms with Crippen molar-refractivity contribution in [2.24, 2.45) is 5.84 Å². The Morgan fingerprint density at radius 2 is 2.05 bits per heavy atom. The van der Waals surface area contributed by atoms with Gasteiger partial charge in [-0.15, -0.1) is 4.98 Å². The molecule has 0 aromatic carbocycles. The van der Waals surface area contributed by atoms with Crippen molar-refractivity contribution in [3.8, 4) is 12.0 Å². The van der Waals surface area contributed by atoms with Crippen LogP contribution >= 0.6 is 0 Å². The van der Waals surface area contributed by atoms with E-state index < -0.39 is 0 Å². The van der Waals surface area contributed by atoms with Crippen molar-refractivity contribution in [3.05, 3.63) is 0 Å². The molecule has 1 aliphatic rings. The van der Waals surface area contributed by atoms with Gasteiger partial charge < -0.3 is 14.2 Å². The quantitative estimate of drug-likeness (QED) is 0.561. The third-order valence-electron chi connectivity index (χ3n) is 2.83. The fourth-order valence-corrected chi connectivity index (χ4v) is 1.83. The first-order chi connectivity index (χ1) is 9.81. The number of hydrogen-bond acceptors (Lipinski definition) is 8. The monoisotopic (exact) mass is 283 g/mol. The molecule has 1 saturated heterocycles. The van der Waals surface area contributed by atoms with Gasteiger partial charge in [0.05, 0.1) is 12.7 Å². The van der Waals surface area contributed by atoms with E-state index in [0.29, 0.717) is 13.2 Å². The summed E-state index contributed by atoms with van der Waals surface area (Å²) in [6.07, 6.45) is 4.22. The summed E-state index contributed by atoms with van der Waals surface area (Å²) < 4.78 is 16.5. The zero-order chi connectivity index (χ0) is 14.2. The molecule has 1 fully saturated rings. The average molecular weight is 283 g/mol. The summed E-state index contributed by atoms with van der Waals surface area (Å²) in [5.74, 6) is 5.53. The number of hydrogen-bond donors (Lipinski definition) is 2. The summed E-state index contributed by atoms with van der Waals surface area (Å²) in [6.45, 7) is 3.73. The average Bonchev–Trinajstić information content (AvgIpc) is 2.51. The number of nitrogens with two attached hydrogens (primary N) is 1. The van der Waals surface area contributed by atoms with Gasteiger partial charge in [-0.3, -0.25) is 5.43 Å². The molecule has 112 valence electrons. The molecule has 0 bridgehead atoms. The molecule has 20 heavy (non-hydrogen) atoms. The van der Waals surface area contributed by atoms with Crippen LogP contribution < -0.4 is 20.7 Å². The first-order valence-electron chi connectivity index (χ1n) is 6.91. The van der Waals surface area contributed by atoms with Gasteiger partial charge in [0.2, 0.25) is 5.95 Å². The molecule has 8 nitrogen and oxygen atoms in total. The zero-order valence-corrected chi connectivity index (χ0v) is 11.7. The van der Waals surface area contributed by atoms with Gasteiger partial charge in [-0.05, 0) is 25.7 Å². The van der Waals surface area contributed by atoms with Crippen molar-refractivity contribution in [3.63, 3.8) is 0 Å². The zero-order valence-electron chi connectivity index (χ0n) is 11.7. The second kappa shape index (κ2) is 7.81. The number of nitrogens with one attached hydrogen (secondary N) is 1. The fraction of sp³-hybridized carbons (Fsp3) is 0.750. The highest BCUT2D eigenvalue weighted by Crippen LogP contribution is 2.16. The van der Waals surface area contributed by atoms with Crippen LogP contribution in [0.1, 0.15) is 32.6 Å². The topological polar surface area (TPSA) is 104 Å². The minimum Gasteiger partial charge on any atom is -0.463 e. The van der Waals surface area contributed by atoms with E-state index in [1.807, 2.05) is 6.92 Å². The number of hydrazine groups is 1. The van der Waals surface area contributed by atoms with Crippen LogP contribution in [0.5, 0.6) is 12.0 Å². The Labute approximate surface area is 118 Å². The Hall–Kier alpha value is -1.67. The maximum atomic E-state index is 5.58. The summed E-state index contributed by atoms with van der Waals surface area (Å²) >= 11 is 0. The first kappa shape index (κ1) is 14.7. The van der Waals surface area contributed by atoms with Gasteiger partial charge in [0.25, 0.3) is 0 Å². The lowest BCUT2D eigenvalue weighted by molar-refractivity contribution is -0.0130. The largest absolute Gasteiger partial charge is 0.463 e. The molecule has 1 aromatic heterocycles. The van der Waals surface area contributed by atoms with Gasteiger partial charge in [0.15, 0.2) is 0 Å². The number of ether oxygens (including phenoxy) is 3. The van der Waals surface area contributed by atoms with Crippen LogP contribution in [0.2, 0.25) is 0 Å². The Kier molecular flexibility index (Phi) is 5.75. The molecule has 8 heteroatoms. The predicted octanol–water partition coefficient (Wildman–Crippen LogP) is 0.894. The van der Waals surface area contributed by atoms with E-state index >= 15 is 0 Å². The SMILES string of the molecule is CCCOc1nc(NN)nc(OCC2CCCCO2)n1. The van der Waals surface area contributed by atoms with Crippen molar-refractivity contribution in [2.75, 3.05) is 25.2 Å². The van der Waals surface area contributed by atoms with E-state index in [4.69, 9.17) is 20.1 Å². The van der Waals surface area contributed by atoms with E-state index in [1.54, 1.807) is 0 Å². The number of nitrogens with zero attached hydrogens (tertiary/aromatic N) is 3. The third-order valence-corrected chi connectivity index (χ3v) is 2.83. The van der Waals surface area contributed by atoms with Crippen LogP contribution in [0, 0.1) is 0 Å². The summed E-state index contributed by atoms with van der Waals surface area (Å²) in [5.41, 5.74) is 2.37. The second-order valence-electron chi connectivity index (χ2n) is 4.52. The van der Waals surface area contributed by atoms with Gasteiger partial charge in [0, 0.05) is 6.61 Å². The van der Waals surface area contributed by atoms with Crippen LogP contribution in [-0.4, -0.2) is 40.9 Å². The number of aromatic nitrogens is 3. The number of rotatable bonds is 7. The van der Waals surface area contributed by atoms with Crippen LogP contribution in [0.15, 0.2) is 0 Å². The molecule has 0 spiro atoms. The normalized spacial score (nSPS) is 18.6. The van der Waals surface area contributed by atoms with Crippen molar-refractivity contribution in [1.82, 2.24) is 15.0 Å². The minimum absolute atomic E-state index is 0.0924. The second-order valence-corrected chi connectivity index (χ2v) is 4.52. The summed E-state index contributed by atoms with van der Waals surface area (Å²) in [4.78, 5) is 12.1. The molecule has 1 atom stereocenters. The van der Waals surface area contributed by atoms with Gasteiger partial charge >= 0.3 is 12.0 Å². The van der Waals surface area contributed by atoms with E-state index in [2.05, 4.69) is 20.4 Å². The van der Waals surface area contributed by atoms with E-state index in [1.165, 1.54) is 0 Å². The van der Waals surface area contributed by atoms with Gasteiger partial charge in [-0.25, -0.2) is 5.84 Å². The van der Waals surface area contributed by atoms with Gasteiger partial charge in [-0.1, -0.05) is 6.92 Å². The fourth-order valence-electron chi connectivity index (χ4n) is 1.83. The molecular weight excluding hydrogens is 262 g/mol. The minimum atomic E-state index is 0.0924. The Morgan fingerprint density at radius 1 is 1.25 bits per heavy atom. The lowest BCUT2D eigenvalue weighted by Crippen LogP contribution is -2.26. The van der Waals surface area contributed by atoms with Crippen molar-refractivity contribution < 1.29 is 14.2 Å². The molecule has 3 N–H and O–H groups in total. The van der Waals surface area contributed by atoms with Crippen LogP contribution in [0.3, 0.4) is 0 Å². The summed E-state index contributed by atoms with van der Waals surface area (Å²) in [5, 5.41) is 0. The first-order valence-corrected chi connectivity index (χ1v) is 6.91. The highest BCUT2D eigenvalue weighted by molar-refractivity contribution is 5.25. The molecule has 2 rings (SSSR count). The molecule has 0 aliphatic carbocycles. The lowest BCUT2D eigenvalue weighted by Gasteiger charge is -2.22. The maximum absolute atomic E-state index is 5.58. The molecular formula is C12H21N5O3. The van der Waals surface area contributed by atoms with E-state index in [-0.39, 0.29) is 24.1 Å². The number of nitrogen functional groups attached to an aromatic ring is 1. The van der Waals surface area contributed by atoms with Gasteiger partial charge in [0.1, 0.15) is 6.61 Å². The smallest absolute Gasteiger partial charge is 0.324 e. The molecule has 1 aliphatic heterocycles. The molecule has 1 unspecified atom stereocenters. The van der Waals surface area contributed by atoms with Crippen LogP contribution in [-0.2, 0) is 4.74 Å². The molecule has 2 heterocycles. The van der Waals surface area contributed by atoms with Crippen LogP contribution in [0.25, 0.3) is 0 Å². The summed E-state index contributed by atoms with van der Waals surface area (Å²) in [6, 6.07) is 0.391. The number of anilines is 1.